The molecule has 5 nitrogen and oxygen atoms in total. The number of sulfonamides is 1. The van der Waals surface area contributed by atoms with Gasteiger partial charge in [-0.05, 0) is 31.6 Å². The molecule has 0 atom stereocenters. The van der Waals surface area contributed by atoms with Gasteiger partial charge in [0, 0.05) is 13.1 Å². The Hall–Kier alpha value is -1.18. The molecule has 0 amide bonds. The lowest BCUT2D eigenvalue weighted by atomic mass is 9.93. The molecule has 0 spiro atoms. The zero-order valence-corrected chi connectivity index (χ0v) is 13.1. The predicted octanol–water partition coefficient (Wildman–Crippen LogP) is 1.27. The van der Waals surface area contributed by atoms with Crippen LogP contribution in [-0.2, 0) is 10.0 Å². The maximum absolute atomic E-state index is 13.3. The summed E-state index contributed by atoms with van der Waals surface area (Å²) in [6.07, 6.45) is 0. The Morgan fingerprint density at radius 2 is 1.95 bits per heavy atom. The molecular formula is C13H22FN3O2S. The summed E-state index contributed by atoms with van der Waals surface area (Å²) < 4.78 is 40.2. The highest BCUT2D eigenvalue weighted by molar-refractivity contribution is 7.89. The maximum Gasteiger partial charge on any atom is 0.242 e. The molecule has 7 heteroatoms. The van der Waals surface area contributed by atoms with Gasteiger partial charge in [0.25, 0.3) is 0 Å². The zero-order valence-electron chi connectivity index (χ0n) is 12.3. The average molecular weight is 303 g/mol. The second-order valence-electron chi connectivity index (χ2n) is 5.88. The third kappa shape index (κ3) is 4.43. The number of nitrogens with one attached hydrogen (secondary N) is 1. The molecule has 0 saturated carbocycles. The summed E-state index contributed by atoms with van der Waals surface area (Å²) >= 11 is 0. The third-order valence-electron chi connectivity index (χ3n) is 2.79. The zero-order chi connectivity index (χ0) is 15.6. The fourth-order valence-corrected chi connectivity index (χ4v) is 3.41. The Balaban J connectivity index is 2.89. The number of rotatable bonds is 6. The molecular weight excluding hydrogens is 281 g/mol. The molecule has 1 aromatic rings. The SMILES string of the molecule is CN(C)CC(C)(C)CNS(=O)(=O)c1cccc(F)c1N. The molecule has 3 N–H and O–H groups in total. The van der Waals surface area contributed by atoms with Gasteiger partial charge in [0.2, 0.25) is 10.0 Å². The third-order valence-corrected chi connectivity index (χ3v) is 4.25. The molecule has 0 aliphatic carbocycles. The first kappa shape index (κ1) is 16.9. The van der Waals surface area contributed by atoms with E-state index >= 15 is 0 Å². The number of nitrogens with two attached hydrogens (primary N) is 1. The maximum atomic E-state index is 13.3. The molecule has 20 heavy (non-hydrogen) atoms. The van der Waals surface area contributed by atoms with Crippen molar-refractivity contribution < 1.29 is 12.8 Å². The first-order valence-electron chi connectivity index (χ1n) is 6.23. The topological polar surface area (TPSA) is 75.4 Å². The van der Waals surface area contributed by atoms with Crippen molar-refractivity contribution in [2.75, 3.05) is 32.9 Å². The van der Waals surface area contributed by atoms with Crippen LogP contribution in [0.4, 0.5) is 10.1 Å². The van der Waals surface area contributed by atoms with Crippen molar-refractivity contribution in [3.8, 4) is 0 Å². The lowest BCUT2D eigenvalue weighted by Gasteiger charge is -2.28. The van der Waals surface area contributed by atoms with Crippen molar-refractivity contribution >= 4 is 15.7 Å². The average Bonchev–Trinajstić information content (AvgIpc) is 2.29. The van der Waals surface area contributed by atoms with Crippen LogP contribution in [0.1, 0.15) is 13.8 Å². The van der Waals surface area contributed by atoms with Crippen molar-refractivity contribution in [2.45, 2.75) is 18.7 Å². The summed E-state index contributed by atoms with van der Waals surface area (Å²) in [6, 6.07) is 3.75. The van der Waals surface area contributed by atoms with E-state index in [1.807, 2.05) is 32.8 Å². The molecule has 1 rings (SSSR count). The quantitative estimate of drug-likeness (QED) is 0.776. The van der Waals surface area contributed by atoms with Crippen LogP contribution >= 0.6 is 0 Å². The monoisotopic (exact) mass is 303 g/mol. The minimum Gasteiger partial charge on any atom is -0.395 e. The largest absolute Gasteiger partial charge is 0.395 e. The fourth-order valence-electron chi connectivity index (χ4n) is 2.03. The standard InChI is InChI=1S/C13H22FN3O2S/c1-13(2,9-17(3)4)8-16-20(18,19)11-7-5-6-10(14)12(11)15/h5-7,16H,8-9,15H2,1-4H3. The molecule has 0 unspecified atom stereocenters. The number of nitrogens with zero attached hydrogens (tertiary/aromatic N) is 1. The van der Waals surface area contributed by atoms with Crippen LogP contribution in [0.2, 0.25) is 0 Å². The Labute approximate surface area is 120 Å². The van der Waals surface area contributed by atoms with Crippen LogP contribution in [0.3, 0.4) is 0 Å². The van der Waals surface area contributed by atoms with Crippen molar-refractivity contribution in [2.24, 2.45) is 5.41 Å². The second-order valence-corrected chi connectivity index (χ2v) is 7.61. The van der Waals surface area contributed by atoms with E-state index in [0.29, 0.717) is 6.54 Å². The molecule has 0 aromatic heterocycles. The van der Waals surface area contributed by atoms with Gasteiger partial charge in [-0.3, -0.25) is 0 Å². The van der Waals surface area contributed by atoms with E-state index in [1.54, 1.807) is 0 Å². The summed E-state index contributed by atoms with van der Waals surface area (Å²) in [4.78, 5) is 1.75. The number of para-hydroxylation sites is 1. The van der Waals surface area contributed by atoms with Crippen LogP contribution in [-0.4, -0.2) is 40.5 Å². The van der Waals surface area contributed by atoms with Gasteiger partial charge in [-0.15, -0.1) is 0 Å². The van der Waals surface area contributed by atoms with E-state index in [1.165, 1.54) is 12.1 Å². The van der Waals surface area contributed by atoms with Gasteiger partial charge in [-0.1, -0.05) is 19.9 Å². The molecule has 0 fully saturated rings. The molecule has 0 saturated heterocycles. The van der Waals surface area contributed by atoms with E-state index in [9.17, 15) is 12.8 Å². The molecule has 0 heterocycles. The van der Waals surface area contributed by atoms with E-state index in [2.05, 4.69) is 4.72 Å². The normalized spacial score (nSPS) is 12.9. The van der Waals surface area contributed by atoms with Gasteiger partial charge < -0.3 is 10.6 Å². The van der Waals surface area contributed by atoms with Gasteiger partial charge in [0.05, 0.1) is 5.69 Å². The highest BCUT2D eigenvalue weighted by Gasteiger charge is 2.25. The highest BCUT2D eigenvalue weighted by atomic mass is 32.2. The lowest BCUT2D eigenvalue weighted by Crippen LogP contribution is -2.40. The predicted molar refractivity (Wildman–Crippen MR) is 78.3 cm³/mol. The minimum absolute atomic E-state index is 0.224. The lowest BCUT2D eigenvalue weighted by molar-refractivity contribution is 0.242. The van der Waals surface area contributed by atoms with Crippen molar-refractivity contribution in [3.05, 3.63) is 24.0 Å². The summed E-state index contributed by atoms with van der Waals surface area (Å²) in [6.45, 7) is 4.85. The molecule has 0 aliphatic rings. The highest BCUT2D eigenvalue weighted by Crippen LogP contribution is 2.22. The van der Waals surface area contributed by atoms with Crippen molar-refractivity contribution in [3.63, 3.8) is 0 Å². The van der Waals surface area contributed by atoms with Gasteiger partial charge in [0.15, 0.2) is 0 Å². The van der Waals surface area contributed by atoms with Crippen LogP contribution in [0.15, 0.2) is 23.1 Å². The Morgan fingerprint density at radius 1 is 1.35 bits per heavy atom. The Morgan fingerprint density at radius 3 is 2.50 bits per heavy atom. The summed E-state index contributed by atoms with van der Waals surface area (Å²) in [5.41, 5.74) is 4.88. The smallest absolute Gasteiger partial charge is 0.242 e. The van der Waals surface area contributed by atoms with Crippen molar-refractivity contribution in [1.82, 2.24) is 9.62 Å². The van der Waals surface area contributed by atoms with Crippen LogP contribution in [0, 0.1) is 11.2 Å². The van der Waals surface area contributed by atoms with E-state index in [-0.39, 0.29) is 22.5 Å². The molecule has 114 valence electrons. The Bertz CT molecular complexity index is 571. The Kier molecular flexibility index (Phi) is 5.12. The molecule has 1 aromatic carbocycles. The molecule has 0 aliphatic heterocycles. The van der Waals surface area contributed by atoms with Gasteiger partial charge in [-0.25, -0.2) is 17.5 Å². The summed E-state index contributed by atoms with van der Waals surface area (Å²) in [5, 5.41) is 0. The number of nitrogen functional groups attached to an aromatic ring is 1. The van der Waals surface area contributed by atoms with E-state index < -0.39 is 15.8 Å². The van der Waals surface area contributed by atoms with E-state index in [4.69, 9.17) is 5.73 Å². The van der Waals surface area contributed by atoms with Crippen LogP contribution < -0.4 is 10.5 Å². The second kappa shape index (κ2) is 6.07. The summed E-state index contributed by atoms with van der Waals surface area (Å²) in [7, 11) is 0.0190. The number of hydrogen-bond donors (Lipinski definition) is 2. The number of hydrogen-bond acceptors (Lipinski definition) is 4. The minimum atomic E-state index is -3.82. The van der Waals surface area contributed by atoms with Gasteiger partial charge >= 0.3 is 0 Å². The number of benzene rings is 1. The van der Waals surface area contributed by atoms with Crippen molar-refractivity contribution in [1.29, 1.82) is 0 Å². The van der Waals surface area contributed by atoms with E-state index in [0.717, 1.165) is 6.07 Å². The molecule has 0 bridgehead atoms. The van der Waals surface area contributed by atoms with Gasteiger partial charge in [-0.2, -0.15) is 0 Å². The number of halogens is 1. The van der Waals surface area contributed by atoms with Crippen LogP contribution in [0.25, 0.3) is 0 Å². The number of anilines is 1. The summed E-state index contributed by atoms with van der Waals surface area (Å²) in [5.74, 6) is -0.736. The van der Waals surface area contributed by atoms with Crippen LogP contribution in [0.5, 0.6) is 0 Å². The first-order chi connectivity index (χ1) is 9.05. The molecule has 0 radical (unpaired) electrons. The van der Waals surface area contributed by atoms with Gasteiger partial charge in [0.1, 0.15) is 10.7 Å². The fraction of sp³-hybridized carbons (Fsp3) is 0.538. The first-order valence-corrected chi connectivity index (χ1v) is 7.72.